The van der Waals surface area contributed by atoms with E-state index in [9.17, 15) is 8.78 Å². The van der Waals surface area contributed by atoms with Gasteiger partial charge in [-0.3, -0.25) is 0 Å². The minimum absolute atomic E-state index is 0.493. The summed E-state index contributed by atoms with van der Waals surface area (Å²) in [6.45, 7) is 5.89. The molecule has 1 unspecified atom stereocenters. The molecule has 1 aromatic carbocycles. The average Bonchev–Trinajstić information content (AvgIpc) is 2.35. The van der Waals surface area contributed by atoms with Gasteiger partial charge in [0.05, 0.1) is 7.11 Å². The molecule has 0 aliphatic rings. The van der Waals surface area contributed by atoms with Gasteiger partial charge >= 0.3 is 0 Å². The van der Waals surface area contributed by atoms with E-state index in [-0.39, 0.29) is 0 Å². The van der Waals surface area contributed by atoms with Crippen molar-refractivity contribution in [3.8, 4) is 5.75 Å². The second-order valence-corrected chi connectivity index (χ2v) is 4.63. The molecule has 1 rings (SSSR count). The number of hydrogen-bond donors (Lipinski definition) is 1. The van der Waals surface area contributed by atoms with Crippen LogP contribution >= 0.6 is 0 Å². The van der Waals surface area contributed by atoms with Crippen LogP contribution in [0.5, 0.6) is 5.75 Å². The minimum Gasteiger partial charge on any atom is -0.496 e. The molecule has 0 aromatic heterocycles. The van der Waals surface area contributed by atoms with Crippen LogP contribution in [0.3, 0.4) is 0 Å². The third-order valence-corrected chi connectivity index (χ3v) is 3.09. The first-order chi connectivity index (χ1) is 8.45. The molecule has 2 nitrogen and oxygen atoms in total. The monoisotopic (exact) mass is 257 g/mol. The SMILES string of the molecule is CCCNC(C)(c1cc(C)ccc1OC)C(F)F. The van der Waals surface area contributed by atoms with Gasteiger partial charge < -0.3 is 10.1 Å². The molecule has 0 spiro atoms. The van der Waals surface area contributed by atoms with Crippen molar-refractivity contribution < 1.29 is 13.5 Å². The summed E-state index contributed by atoms with van der Waals surface area (Å²) in [5.74, 6) is 0.493. The average molecular weight is 257 g/mol. The van der Waals surface area contributed by atoms with Crippen LogP contribution in [0.2, 0.25) is 0 Å². The zero-order chi connectivity index (χ0) is 13.8. The molecule has 0 saturated heterocycles. The quantitative estimate of drug-likeness (QED) is 0.842. The van der Waals surface area contributed by atoms with Crippen molar-refractivity contribution in [2.24, 2.45) is 0 Å². The Balaban J connectivity index is 3.23. The summed E-state index contributed by atoms with van der Waals surface area (Å²) in [6, 6.07) is 5.35. The number of ether oxygens (including phenoxy) is 1. The van der Waals surface area contributed by atoms with Gasteiger partial charge in [0.2, 0.25) is 0 Å². The van der Waals surface area contributed by atoms with E-state index in [0.29, 0.717) is 17.9 Å². The van der Waals surface area contributed by atoms with Gasteiger partial charge in [-0.2, -0.15) is 0 Å². The van der Waals surface area contributed by atoms with Crippen molar-refractivity contribution in [2.75, 3.05) is 13.7 Å². The van der Waals surface area contributed by atoms with Gasteiger partial charge in [0.25, 0.3) is 6.43 Å². The zero-order valence-electron chi connectivity index (χ0n) is 11.4. The molecule has 18 heavy (non-hydrogen) atoms. The van der Waals surface area contributed by atoms with E-state index in [0.717, 1.165) is 12.0 Å². The summed E-state index contributed by atoms with van der Waals surface area (Å²) in [5.41, 5.74) is 0.0670. The first kappa shape index (κ1) is 14.9. The van der Waals surface area contributed by atoms with Gasteiger partial charge in [0.15, 0.2) is 0 Å². The van der Waals surface area contributed by atoms with Gasteiger partial charge in [-0.05, 0) is 32.9 Å². The zero-order valence-corrected chi connectivity index (χ0v) is 11.4. The molecule has 1 aromatic rings. The molecule has 0 heterocycles. The molecule has 0 bridgehead atoms. The van der Waals surface area contributed by atoms with Gasteiger partial charge in [0.1, 0.15) is 11.3 Å². The molecular formula is C14H21F2NO. The fourth-order valence-electron chi connectivity index (χ4n) is 1.90. The van der Waals surface area contributed by atoms with Crippen LogP contribution < -0.4 is 10.1 Å². The molecule has 4 heteroatoms. The standard InChI is InChI=1S/C14H21F2NO/c1-5-8-17-14(3,13(15)16)11-9-10(2)6-7-12(11)18-4/h6-7,9,13,17H,5,8H2,1-4H3. The Morgan fingerprint density at radius 1 is 1.39 bits per heavy atom. The molecule has 0 fully saturated rings. The van der Waals surface area contributed by atoms with Crippen LogP contribution in [0.1, 0.15) is 31.4 Å². The highest BCUT2D eigenvalue weighted by Gasteiger charge is 2.38. The number of aryl methyl sites for hydroxylation is 1. The topological polar surface area (TPSA) is 21.3 Å². The van der Waals surface area contributed by atoms with Gasteiger partial charge in [-0.15, -0.1) is 0 Å². The Morgan fingerprint density at radius 2 is 2.06 bits per heavy atom. The molecule has 0 amide bonds. The first-order valence-corrected chi connectivity index (χ1v) is 6.14. The summed E-state index contributed by atoms with van der Waals surface area (Å²) in [6.07, 6.45) is -1.70. The molecule has 0 radical (unpaired) electrons. The normalized spacial score (nSPS) is 14.6. The Bertz CT molecular complexity index is 395. The first-order valence-electron chi connectivity index (χ1n) is 6.14. The lowest BCUT2D eigenvalue weighted by Crippen LogP contribution is -2.46. The number of hydrogen-bond acceptors (Lipinski definition) is 2. The van der Waals surface area contributed by atoms with E-state index in [2.05, 4.69) is 5.32 Å². The Hall–Kier alpha value is -1.16. The molecule has 1 atom stereocenters. The smallest absolute Gasteiger partial charge is 0.260 e. The lowest BCUT2D eigenvalue weighted by Gasteiger charge is -2.32. The fourth-order valence-corrected chi connectivity index (χ4v) is 1.90. The van der Waals surface area contributed by atoms with Crippen LogP contribution in [-0.2, 0) is 5.54 Å². The number of nitrogens with one attached hydrogen (secondary N) is 1. The van der Waals surface area contributed by atoms with Crippen molar-refractivity contribution in [3.05, 3.63) is 29.3 Å². The van der Waals surface area contributed by atoms with Crippen molar-refractivity contribution in [1.82, 2.24) is 5.32 Å². The summed E-state index contributed by atoms with van der Waals surface area (Å²) in [5, 5.41) is 2.93. The lowest BCUT2D eigenvalue weighted by atomic mass is 9.90. The number of benzene rings is 1. The van der Waals surface area contributed by atoms with E-state index in [4.69, 9.17) is 4.74 Å². The van der Waals surface area contributed by atoms with Crippen molar-refractivity contribution in [2.45, 2.75) is 39.2 Å². The van der Waals surface area contributed by atoms with Crippen molar-refractivity contribution >= 4 is 0 Å². The van der Waals surface area contributed by atoms with Crippen molar-refractivity contribution in [1.29, 1.82) is 0 Å². The number of rotatable bonds is 6. The maximum Gasteiger partial charge on any atom is 0.260 e. The summed E-state index contributed by atoms with van der Waals surface area (Å²) in [4.78, 5) is 0. The van der Waals surface area contributed by atoms with Crippen LogP contribution in [0.15, 0.2) is 18.2 Å². The van der Waals surface area contributed by atoms with E-state index in [1.54, 1.807) is 12.1 Å². The predicted molar refractivity (Wildman–Crippen MR) is 69.4 cm³/mol. The number of alkyl halides is 2. The summed E-state index contributed by atoms with van der Waals surface area (Å²) in [7, 11) is 1.50. The predicted octanol–water partition coefficient (Wildman–Crippen LogP) is 3.48. The van der Waals surface area contributed by atoms with E-state index < -0.39 is 12.0 Å². The molecule has 0 aliphatic heterocycles. The Labute approximate surface area is 107 Å². The van der Waals surface area contributed by atoms with Crippen molar-refractivity contribution in [3.63, 3.8) is 0 Å². The minimum atomic E-state index is -2.50. The summed E-state index contributed by atoms with van der Waals surface area (Å²) >= 11 is 0. The summed E-state index contributed by atoms with van der Waals surface area (Å²) < 4.78 is 32.0. The van der Waals surface area contributed by atoms with E-state index >= 15 is 0 Å². The molecular weight excluding hydrogens is 236 g/mol. The van der Waals surface area contributed by atoms with Crippen LogP contribution in [0.4, 0.5) is 8.78 Å². The third kappa shape index (κ3) is 2.99. The lowest BCUT2D eigenvalue weighted by molar-refractivity contribution is 0.0370. The Morgan fingerprint density at radius 3 is 2.56 bits per heavy atom. The second kappa shape index (κ2) is 6.14. The maximum atomic E-state index is 13.4. The maximum absolute atomic E-state index is 13.4. The highest BCUT2D eigenvalue weighted by atomic mass is 19.3. The van der Waals surface area contributed by atoms with Gasteiger partial charge in [-0.25, -0.2) is 8.78 Å². The Kier molecular flexibility index (Phi) is 5.08. The highest BCUT2D eigenvalue weighted by molar-refractivity contribution is 5.42. The molecule has 0 aliphatic carbocycles. The highest BCUT2D eigenvalue weighted by Crippen LogP contribution is 2.35. The van der Waals surface area contributed by atoms with Crippen LogP contribution in [0.25, 0.3) is 0 Å². The third-order valence-electron chi connectivity index (χ3n) is 3.09. The van der Waals surface area contributed by atoms with Crippen LogP contribution in [-0.4, -0.2) is 20.1 Å². The van der Waals surface area contributed by atoms with E-state index in [1.807, 2.05) is 19.9 Å². The molecule has 1 N–H and O–H groups in total. The van der Waals surface area contributed by atoms with E-state index in [1.165, 1.54) is 14.0 Å². The second-order valence-electron chi connectivity index (χ2n) is 4.63. The number of methoxy groups -OCH3 is 1. The van der Waals surface area contributed by atoms with Gasteiger partial charge in [-0.1, -0.05) is 24.6 Å². The molecule has 0 saturated carbocycles. The molecule has 102 valence electrons. The fraction of sp³-hybridized carbons (Fsp3) is 0.571. The largest absolute Gasteiger partial charge is 0.496 e. The number of halogens is 2. The van der Waals surface area contributed by atoms with Gasteiger partial charge in [0, 0.05) is 5.56 Å². The van der Waals surface area contributed by atoms with Crippen LogP contribution in [0, 0.1) is 6.92 Å².